The Labute approximate surface area is 110 Å². The van der Waals surface area contributed by atoms with E-state index in [4.69, 9.17) is 5.11 Å². The number of carboxylic acid groups (broad SMARTS) is 1. The zero-order valence-electron chi connectivity index (χ0n) is 10.7. The van der Waals surface area contributed by atoms with Gasteiger partial charge in [-0.05, 0) is 37.8 Å². The molecule has 0 spiro atoms. The van der Waals surface area contributed by atoms with Crippen molar-refractivity contribution in [1.82, 2.24) is 4.57 Å². The summed E-state index contributed by atoms with van der Waals surface area (Å²) in [6.45, 7) is 2.69. The van der Waals surface area contributed by atoms with E-state index in [1.807, 2.05) is 23.6 Å². The molecule has 1 fully saturated rings. The van der Waals surface area contributed by atoms with E-state index < -0.39 is 11.4 Å². The maximum Gasteiger partial charge on any atom is 0.341 e. The molecule has 0 radical (unpaired) electrons. The molecule has 0 amide bonds. The van der Waals surface area contributed by atoms with Gasteiger partial charge in [0.1, 0.15) is 5.56 Å². The molecule has 1 aliphatic carbocycles. The molecule has 2 aromatic rings. The summed E-state index contributed by atoms with van der Waals surface area (Å²) in [6, 6.07) is 5.62. The number of hydrogen-bond donors (Lipinski definition) is 1. The van der Waals surface area contributed by atoms with Crippen LogP contribution < -0.4 is 5.43 Å². The third-order valence-corrected chi connectivity index (χ3v) is 3.62. The predicted octanol–water partition coefficient (Wildman–Crippen LogP) is 2.42. The Hall–Kier alpha value is -2.10. The lowest BCUT2D eigenvalue weighted by Crippen LogP contribution is -2.19. The summed E-state index contributed by atoms with van der Waals surface area (Å²) in [4.78, 5) is 23.4. The summed E-state index contributed by atoms with van der Waals surface area (Å²) >= 11 is 0. The van der Waals surface area contributed by atoms with Gasteiger partial charge in [0, 0.05) is 18.1 Å². The largest absolute Gasteiger partial charge is 0.477 e. The van der Waals surface area contributed by atoms with Crippen molar-refractivity contribution in [3.05, 3.63) is 45.7 Å². The Balaban J connectivity index is 2.30. The number of carboxylic acids is 1. The van der Waals surface area contributed by atoms with Gasteiger partial charge in [-0.2, -0.15) is 0 Å². The van der Waals surface area contributed by atoms with Crippen LogP contribution in [-0.2, 0) is 6.54 Å². The number of benzene rings is 1. The minimum absolute atomic E-state index is 0.140. The number of pyridine rings is 1. The zero-order chi connectivity index (χ0) is 13.6. The van der Waals surface area contributed by atoms with Crippen LogP contribution in [0.15, 0.2) is 29.2 Å². The molecule has 0 bridgehead atoms. The van der Waals surface area contributed by atoms with Crippen molar-refractivity contribution in [3.8, 4) is 0 Å². The van der Waals surface area contributed by atoms with E-state index in [0.29, 0.717) is 11.3 Å². The molecule has 0 atom stereocenters. The minimum atomic E-state index is -1.15. The van der Waals surface area contributed by atoms with Crippen LogP contribution in [0, 0.1) is 12.8 Å². The van der Waals surface area contributed by atoms with Crippen molar-refractivity contribution >= 4 is 16.9 Å². The minimum Gasteiger partial charge on any atom is -0.477 e. The molecule has 1 aromatic heterocycles. The van der Waals surface area contributed by atoms with Gasteiger partial charge < -0.3 is 9.67 Å². The second kappa shape index (κ2) is 4.23. The van der Waals surface area contributed by atoms with Crippen LogP contribution in [0.3, 0.4) is 0 Å². The van der Waals surface area contributed by atoms with Gasteiger partial charge in [0.2, 0.25) is 5.43 Å². The molecule has 19 heavy (non-hydrogen) atoms. The zero-order valence-corrected chi connectivity index (χ0v) is 10.7. The van der Waals surface area contributed by atoms with Gasteiger partial charge in [0.15, 0.2) is 0 Å². The predicted molar refractivity (Wildman–Crippen MR) is 72.6 cm³/mol. The number of aromatic carboxylic acids is 1. The van der Waals surface area contributed by atoms with Crippen molar-refractivity contribution in [2.75, 3.05) is 0 Å². The summed E-state index contributed by atoms with van der Waals surface area (Å²) < 4.78 is 1.91. The molecule has 1 aliphatic rings. The van der Waals surface area contributed by atoms with E-state index in [2.05, 4.69) is 0 Å². The average molecular weight is 257 g/mol. The fraction of sp³-hybridized carbons (Fsp3) is 0.333. The Morgan fingerprint density at radius 1 is 1.42 bits per heavy atom. The van der Waals surface area contributed by atoms with Gasteiger partial charge in [-0.15, -0.1) is 0 Å². The summed E-state index contributed by atoms with van der Waals surface area (Å²) in [5.41, 5.74) is 1.26. The first-order valence-electron chi connectivity index (χ1n) is 6.43. The Kier molecular flexibility index (Phi) is 2.66. The van der Waals surface area contributed by atoms with Crippen LogP contribution in [0.2, 0.25) is 0 Å². The molecule has 1 saturated carbocycles. The van der Waals surface area contributed by atoms with Crippen LogP contribution in [-0.4, -0.2) is 15.6 Å². The van der Waals surface area contributed by atoms with Gasteiger partial charge in [-0.25, -0.2) is 4.79 Å². The van der Waals surface area contributed by atoms with Crippen LogP contribution in [0.1, 0.15) is 28.8 Å². The lowest BCUT2D eigenvalue weighted by atomic mass is 10.1. The fourth-order valence-corrected chi connectivity index (χ4v) is 2.39. The molecule has 0 saturated heterocycles. The highest BCUT2D eigenvalue weighted by Crippen LogP contribution is 2.31. The van der Waals surface area contributed by atoms with E-state index in [9.17, 15) is 9.59 Å². The van der Waals surface area contributed by atoms with Crippen molar-refractivity contribution in [2.24, 2.45) is 5.92 Å². The molecule has 4 nitrogen and oxygen atoms in total. The second-order valence-electron chi connectivity index (χ2n) is 5.29. The Morgan fingerprint density at radius 2 is 2.16 bits per heavy atom. The van der Waals surface area contributed by atoms with Crippen LogP contribution in [0.4, 0.5) is 0 Å². The smallest absolute Gasteiger partial charge is 0.341 e. The number of aryl methyl sites for hydroxylation is 1. The molecular formula is C15H15NO3. The molecule has 1 heterocycles. The topological polar surface area (TPSA) is 59.3 Å². The summed E-state index contributed by atoms with van der Waals surface area (Å²) in [5, 5.41) is 9.66. The van der Waals surface area contributed by atoms with Crippen molar-refractivity contribution in [1.29, 1.82) is 0 Å². The molecule has 0 unspecified atom stereocenters. The Morgan fingerprint density at radius 3 is 2.79 bits per heavy atom. The quantitative estimate of drug-likeness (QED) is 0.918. The average Bonchev–Trinajstić information content (AvgIpc) is 3.16. The standard InChI is InChI=1S/C15H15NO3/c1-9-2-5-13-11(6-9)14(17)12(15(18)19)8-16(13)7-10-3-4-10/h2,5-6,8,10H,3-4,7H2,1H3,(H,18,19). The summed E-state index contributed by atoms with van der Waals surface area (Å²) in [6.07, 6.45) is 3.85. The second-order valence-corrected chi connectivity index (χ2v) is 5.29. The van der Waals surface area contributed by atoms with Crippen molar-refractivity contribution in [3.63, 3.8) is 0 Å². The lowest BCUT2D eigenvalue weighted by Gasteiger charge is -2.12. The van der Waals surface area contributed by atoms with E-state index in [-0.39, 0.29) is 5.56 Å². The first-order chi connectivity index (χ1) is 9.06. The number of nitrogens with zero attached hydrogens (tertiary/aromatic N) is 1. The van der Waals surface area contributed by atoms with Gasteiger partial charge in [-0.1, -0.05) is 11.6 Å². The van der Waals surface area contributed by atoms with Gasteiger partial charge in [0.05, 0.1) is 5.52 Å². The molecule has 4 heteroatoms. The Bertz CT molecular complexity index is 726. The highest BCUT2D eigenvalue weighted by atomic mass is 16.4. The number of hydrogen-bond acceptors (Lipinski definition) is 2. The first-order valence-corrected chi connectivity index (χ1v) is 6.43. The lowest BCUT2D eigenvalue weighted by molar-refractivity contribution is 0.0695. The summed E-state index contributed by atoms with van der Waals surface area (Å²) in [7, 11) is 0. The van der Waals surface area contributed by atoms with E-state index in [0.717, 1.165) is 17.6 Å². The summed E-state index contributed by atoms with van der Waals surface area (Å²) in [5.74, 6) is -0.536. The van der Waals surface area contributed by atoms with Crippen LogP contribution >= 0.6 is 0 Å². The normalized spacial score (nSPS) is 14.8. The highest BCUT2D eigenvalue weighted by molar-refractivity contribution is 5.92. The van der Waals surface area contributed by atoms with Crippen molar-refractivity contribution in [2.45, 2.75) is 26.3 Å². The highest BCUT2D eigenvalue weighted by Gasteiger charge is 2.23. The molecule has 3 rings (SSSR count). The fourth-order valence-electron chi connectivity index (χ4n) is 2.39. The van der Waals surface area contributed by atoms with Gasteiger partial charge in [0.25, 0.3) is 0 Å². The maximum atomic E-state index is 12.2. The van der Waals surface area contributed by atoms with E-state index >= 15 is 0 Å². The maximum absolute atomic E-state index is 12.2. The molecule has 1 aromatic carbocycles. The number of fused-ring (bicyclic) bond motifs is 1. The molecular weight excluding hydrogens is 242 g/mol. The van der Waals surface area contributed by atoms with E-state index in [1.165, 1.54) is 19.0 Å². The number of rotatable bonds is 3. The molecule has 98 valence electrons. The van der Waals surface area contributed by atoms with Crippen molar-refractivity contribution < 1.29 is 9.90 Å². The molecule has 0 aliphatic heterocycles. The number of aromatic nitrogens is 1. The third kappa shape index (κ3) is 2.14. The van der Waals surface area contributed by atoms with Crippen LogP contribution in [0.5, 0.6) is 0 Å². The first kappa shape index (κ1) is 12.0. The monoisotopic (exact) mass is 257 g/mol. The van der Waals surface area contributed by atoms with Gasteiger partial charge >= 0.3 is 5.97 Å². The molecule has 1 N–H and O–H groups in total. The van der Waals surface area contributed by atoms with Gasteiger partial charge in [-0.3, -0.25) is 4.79 Å². The van der Waals surface area contributed by atoms with Crippen LogP contribution in [0.25, 0.3) is 10.9 Å². The SMILES string of the molecule is Cc1ccc2c(c1)c(=O)c(C(=O)O)cn2CC1CC1. The van der Waals surface area contributed by atoms with E-state index in [1.54, 1.807) is 6.07 Å². The number of carbonyl (C=O) groups is 1. The third-order valence-electron chi connectivity index (χ3n) is 3.62.